The number of amides is 1. The fourth-order valence-corrected chi connectivity index (χ4v) is 1.98. The van der Waals surface area contributed by atoms with E-state index in [1.807, 2.05) is 30.3 Å². The molecule has 0 aliphatic carbocycles. The van der Waals surface area contributed by atoms with E-state index >= 15 is 0 Å². The first-order valence-corrected chi connectivity index (χ1v) is 6.80. The first kappa shape index (κ1) is 15.6. The van der Waals surface area contributed by atoms with Crippen LogP contribution in [0.4, 0.5) is 4.79 Å². The lowest BCUT2D eigenvalue weighted by Crippen LogP contribution is -2.49. The van der Waals surface area contributed by atoms with E-state index in [0.29, 0.717) is 5.56 Å². The van der Waals surface area contributed by atoms with Crippen LogP contribution in [0.25, 0.3) is 0 Å². The van der Waals surface area contributed by atoms with Crippen molar-refractivity contribution < 1.29 is 19.4 Å². The van der Waals surface area contributed by atoms with Crippen LogP contribution >= 0.6 is 0 Å². The highest BCUT2D eigenvalue weighted by molar-refractivity contribution is 5.85. The minimum atomic E-state index is -1.55. The van der Waals surface area contributed by atoms with Gasteiger partial charge in [0, 0.05) is 0 Å². The first-order valence-electron chi connectivity index (χ1n) is 6.80. The largest absolute Gasteiger partial charge is 0.479 e. The van der Waals surface area contributed by atoms with Crippen molar-refractivity contribution in [2.24, 2.45) is 0 Å². The highest BCUT2D eigenvalue weighted by atomic mass is 16.5. The Kier molecular flexibility index (Phi) is 4.78. The molecule has 2 aromatic carbocycles. The molecule has 1 amide bonds. The molecule has 5 nitrogen and oxygen atoms in total. The lowest BCUT2D eigenvalue weighted by Gasteiger charge is -2.26. The zero-order valence-electron chi connectivity index (χ0n) is 12.2. The molecular weight excluding hydrogens is 282 g/mol. The van der Waals surface area contributed by atoms with Gasteiger partial charge in [0.05, 0.1) is 0 Å². The van der Waals surface area contributed by atoms with Crippen molar-refractivity contribution in [1.82, 2.24) is 5.32 Å². The molecule has 0 aromatic heterocycles. The van der Waals surface area contributed by atoms with Crippen LogP contribution in [-0.2, 0) is 21.7 Å². The number of alkyl carbamates (subject to hydrolysis) is 1. The maximum atomic E-state index is 11.9. The van der Waals surface area contributed by atoms with Gasteiger partial charge in [-0.15, -0.1) is 0 Å². The van der Waals surface area contributed by atoms with E-state index in [9.17, 15) is 14.7 Å². The molecule has 5 heteroatoms. The lowest BCUT2D eigenvalue weighted by molar-refractivity contribution is -0.144. The number of nitrogens with one attached hydrogen (secondary N) is 1. The highest BCUT2D eigenvalue weighted by Gasteiger charge is 2.37. The average Bonchev–Trinajstić information content (AvgIpc) is 2.54. The van der Waals surface area contributed by atoms with Crippen molar-refractivity contribution in [2.75, 3.05) is 0 Å². The molecule has 0 bridgehead atoms. The summed E-state index contributed by atoms with van der Waals surface area (Å²) < 4.78 is 5.08. The quantitative estimate of drug-likeness (QED) is 0.890. The molecule has 0 radical (unpaired) electrons. The Hall–Kier alpha value is -2.82. The van der Waals surface area contributed by atoms with Crippen LogP contribution in [0.1, 0.15) is 18.1 Å². The van der Waals surface area contributed by atoms with Gasteiger partial charge in [-0.1, -0.05) is 60.7 Å². The zero-order chi connectivity index (χ0) is 16.0. The first-order chi connectivity index (χ1) is 10.5. The van der Waals surface area contributed by atoms with Crippen molar-refractivity contribution in [2.45, 2.75) is 19.1 Å². The molecule has 2 N–H and O–H groups in total. The number of ether oxygens (including phenoxy) is 1. The van der Waals surface area contributed by atoms with E-state index in [2.05, 4.69) is 5.32 Å². The van der Waals surface area contributed by atoms with E-state index in [4.69, 9.17) is 4.74 Å². The van der Waals surface area contributed by atoms with Crippen LogP contribution in [-0.4, -0.2) is 17.2 Å². The van der Waals surface area contributed by atoms with Gasteiger partial charge in [0.15, 0.2) is 5.54 Å². The zero-order valence-corrected chi connectivity index (χ0v) is 12.2. The number of carbonyl (C=O) groups is 2. The molecule has 0 saturated carbocycles. The third kappa shape index (κ3) is 3.63. The van der Waals surface area contributed by atoms with Crippen molar-refractivity contribution in [3.63, 3.8) is 0 Å². The standard InChI is InChI=1S/C17H17NO4/c1-17(15(19)20,14-10-6-3-7-11-14)18-16(21)22-12-13-8-4-2-5-9-13/h2-11H,12H2,1H3,(H,18,21)(H,19,20)/t17-/m1/s1. The van der Waals surface area contributed by atoms with Crippen LogP contribution in [0.3, 0.4) is 0 Å². The lowest BCUT2D eigenvalue weighted by atomic mass is 9.92. The third-order valence-corrected chi connectivity index (χ3v) is 3.34. The van der Waals surface area contributed by atoms with Crippen LogP contribution < -0.4 is 5.32 Å². The van der Waals surface area contributed by atoms with Gasteiger partial charge in [0.2, 0.25) is 0 Å². The number of rotatable bonds is 5. The number of hydrogen-bond acceptors (Lipinski definition) is 3. The van der Waals surface area contributed by atoms with Crippen LogP contribution in [0.15, 0.2) is 60.7 Å². The Bertz CT molecular complexity index is 642. The monoisotopic (exact) mass is 299 g/mol. The predicted molar refractivity (Wildman–Crippen MR) is 81.2 cm³/mol. The van der Waals surface area contributed by atoms with Crippen molar-refractivity contribution in [3.05, 3.63) is 71.8 Å². The van der Waals surface area contributed by atoms with Gasteiger partial charge in [-0.3, -0.25) is 0 Å². The Morgan fingerprint density at radius 1 is 1.05 bits per heavy atom. The van der Waals surface area contributed by atoms with Gasteiger partial charge in [-0.2, -0.15) is 0 Å². The van der Waals surface area contributed by atoms with E-state index < -0.39 is 17.6 Å². The molecular formula is C17H17NO4. The van der Waals surface area contributed by atoms with Crippen LogP contribution in [0, 0.1) is 0 Å². The second kappa shape index (κ2) is 6.76. The Labute approximate surface area is 128 Å². The van der Waals surface area contributed by atoms with E-state index in [0.717, 1.165) is 5.56 Å². The minimum Gasteiger partial charge on any atom is -0.479 e. The molecule has 0 aliphatic rings. The Morgan fingerprint density at radius 2 is 1.59 bits per heavy atom. The SMILES string of the molecule is C[C@](NC(=O)OCc1ccccc1)(C(=O)O)c1ccccc1. The molecule has 0 fully saturated rings. The van der Waals surface area contributed by atoms with Gasteiger partial charge in [0.25, 0.3) is 0 Å². The molecule has 114 valence electrons. The number of aliphatic carboxylic acids is 1. The molecule has 1 atom stereocenters. The average molecular weight is 299 g/mol. The topological polar surface area (TPSA) is 75.6 Å². The number of carboxylic acids is 1. The normalized spacial score (nSPS) is 13.0. The van der Waals surface area contributed by atoms with Gasteiger partial charge >= 0.3 is 12.1 Å². The molecule has 0 unspecified atom stereocenters. The van der Waals surface area contributed by atoms with Crippen LogP contribution in [0.2, 0.25) is 0 Å². The second-order valence-corrected chi connectivity index (χ2v) is 4.98. The molecule has 0 saturated heterocycles. The molecule has 0 spiro atoms. The smallest absolute Gasteiger partial charge is 0.408 e. The summed E-state index contributed by atoms with van der Waals surface area (Å²) in [5, 5.41) is 11.9. The van der Waals surface area contributed by atoms with Crippen molar-refractivity contribution in [1.29, 1.82) is 0 Å². The summed E-state index contributed by atoms with van der Waals surface area (Å²) in [6.45, 7) is 1.51. The summed E-state index contributed by atoms with van der Waals surface area (Å²) in [6, 6.07) is 17.7. The summed E-state index contributed by atoms with van der Waals surface area (Å²) >= 11 is 0. The Balaban J connectivity index is 2.05. The summed E-state index contributed by atoms with van der Waals surface area (Å²) in [5.41, 5.74) is -0.247. The number of carboxylic acid groups (broad SMARTS) is 1. The molecule has 2 rings (SSSR count). The van der Waals surface area contributed by atoms with Gasteiger partial charge in [-0.05, 0) is 18.1 Å². The van der Waals surface area contributed by atoms with Gasteiger partial charge in [-0.25, -0.2) is 9.59 Å². The summed E-state index contributed by atoms with van der Waals surface area (Å²) in [5.74, 6) is -1.16. The Morgan fingerprint density at radius 3 is 2.14 bits per heavy atom. The maximum absolute atomic E-state index is 11.9. The van der Waals surface area contributed by atoms with Crippen molar-refractivity contribution in [3.8, 4) is 0 Å². The van der Waals surface area contributed by atoms with Crippen molar-refractivity contribution >= 4 is 12.1 Å². The van der Waals surface area contributed by atoms with Gasteiger partial charge < -0.3 is 15.2 Å². The highest BCUT2D eigenvalue weighted by Crippen LogP contribution is 2.21. The van der Waals surface area contributed by atoms with Gasteiger partial charge in [0.1, 0.15) is 6.61 Å². The van der Waals surface area contributed by atoms with Crippen LogP contribution in [0.5, 0.6) is 0 Å². The van der Waals surface area contributed by atoms with E-state index in [1.54, 1.807) is 30.3 Å². The molecule has 0 aliphatic heterocycles. The number of carbonyl (C=O) groups excluding carboxylic acids is 1. The third-order valence-electron chi connectivity index (χ3n) is 3.34. The fraction of sp³-hybridized carbons (Fsp3) is 0.176. The number of benzene rings is 2. The molecule has 0 heterocycles. The summed E-state index contributed by atoms with van der Waals surface area (Å²) in [6.07, 6.45) is -0.780. The van der Waals surface area contributed by atoms with E-state index in [-0.39, 0.29) is 6.61 Å². The molecule has 22 heavy (non-hydrogen) atoms. The summed E-state index contributed by atoms with van der Waals surface area (Å²) in [4.78, 5) is 23.5. The maximum Gasteiger partial charge on any atom is 0.408 e. The summed E-state index contributed by atoms with van der Waals surface area (Å²) in [7, 11) is 0. The predicted octanol–water partition coefficient (Wildman–Crippen LogP) is 2.91. The second-order valence-electron chi connectivity index (χ2n) is 4.98. The minimum absolute atomic E-state index is 0.0805. The fourth-order valence-electron chi connectivity index (χ4n) is 1.98. The number of hydrogen-bond donors (Lipinski definition) is 2. The van der Waals surface area contributed by atoms with E-state index in [1.165, 1.54) is 6.92 Å². The molecule has 2 aromatic rings.